The Balaban J connectivity index is 1.29. The topological polar surface area (TPSA) is 57.7 Å². The average molecular weight is 636 g/mol. The van der Waals surface area contributed by atoms with E-state index >= 15 is 0 Å². The monoisotopic (exact) mass is 635 g/mol. The van der Waals surface area contributed by atoms with Gasteiger partial charge in [0.1, 0.15) is 17.6 Å². The van der Waals surface area contributed by atoms with E-state index in [1.165, 1.54) is 0 Å². The minimum absolute atomic E-state index is 0.173. The lowest BCUT2D eigenvalue weighted by molar-refractivity contribution is 0.403. The molecule has 7 aromatic rings. The zero-order valence-corrected chi connectivity index (χ0v) is 26.8. The van der Waals surface area contributed by atoms with Crippen molar-refractivity contribution in [3.05, 3.63) is 163 Å². The fraction of sp³-hybridized carbons (Fsp3) is 0.0930. The van der Waals surface area contributed by atoms with Crippen LogP contribution in [0.4, 0.5) is 11.4 Å². The lowest BCUT2D eigenvalue weighted by Gasteiger charge is -2.39. The first kappa shape index (κ1) is 28.0. The predicted octanol–water partition coefficient (Wildman–Crippen LogP) is 10.0. The maximum atomic E-state index is 6.99. The maximum Gasteiger partial charge on any atom is 0.184 e. The minimum atomic E-state index is -0.459. The molecule has 10 rings (SSSR count). The minimum Gasteiger partial charge on any atom is -0.454 e. The van der Waals surface area contributed by atoms with Crippen LogP contribution in [0.2, 0.25) is 0 Å². The Morgan fingerprint density at radius 3 is 2.29 bits per heavy atom. The van der Waals surface area contributed by atoms with Crippen LogP contribution in [-0.2, 0) is 0 Å². The highest BCUT2D eigenvalue weighted by Crippen LogP contribution is 2.56. The number of aromatic nitrogens is 1. The van der Waals surface area contributed by atoms with Crippen LogP contribution in [0, 0.1) is 0 Å². The van der Waals surface area contributed by atoms with Gasteiger partial charge in [-0.15, -0.1) is 0 Å². The summed E-state index contributed by atoms with van der Waals surface area (Å²) >= 11 is 0. The Labute approximate surface area is 284 Å². The number of nitrogens with zero attached hydrogens (tertiary/aromatic N) is 3. The normalized spacial score (nSPS) is 18.2. The largest absolute Gasteiger partial charge is 0.454 e. The number of furan rings is 1. The first-order valence-corrected chi connectivity index (χ1v) is 17.0. The third-order valence-electron chi connectivity index (χ3n) is 9.84. The van der Waals surface area contributed by atoms with E-state index in [0.29, 0.717) is 0 Å². The molecule has 0 bridgehead atoms. The van der Waals surface area contributed by atoms with E-state index in [4.69, 9.17) is 9.41 Å². The molecule has 0 saturated heterocycles. The smallest absolute Gasteiger partial charge is 0.184 e. The molecule has 6 nitrogen and oxygen atoms in total. The zero-order valence-electron chi connectivity index (χ0n) is 26.8. The van der Waals surface area contributed by atoms with Crippen molar-refractivity contribution < 1.29 is 4.42 Å². The van der Waals surface area contributed by atoms with Gasteiger partial charge in [0, 0.05) is 27.6 Å². The third kappa shape index (κ3) is 4.41. The van der Waals surface area contributed by atoms with E-state index in [2.05, 4.69) is 166 Å². The molecular formula is C43H33N5O. The molecule has 1 aliphatic carbocycles. The number of amidine groups is 1. The molecule has 0 fully saturated rings. The van der Waals surface area contributed by atoms with Crippen molar-refractivity contribution in [1.29, 1.82) is 0 Å². The maximum absolute atomic E-state index is 6.99. The predicted molar refractivity (Wildman–Crippen MR) is 199 cm³/mol. The van der Waals surface area contributed by atoms with Gasteiger partial charge in [-0.25, -0.2) is 4.99 Å². The van der Waals surface area contributed by atoms with Crippen LogP contribution < -0.4 is 15.5 Å². The van der Waals surface area contributed by atoms with Crippen molar-refractivity contribution in [2.75, 3.05) is 4.90 Å². The van der Waals surface area contributed by atoms with E-state index in [1.54, 1.807) is 0 Å². The zero-order chi connectivity index (χ0) is 32.3. The molecule has 2 atom stereocenters. The lowest BCUT2D eigenvalue weighted by Crippen LogP contribution is -2.54. The van der Waals surface area contributed by atoms with Crippen LogP contribution in [0.5, 0.6) is 0 Å². The summed E-state index contributed by atoms with van der Waals surface area (Å²) in [6, 6.07) is 47.0. The van der Waals surface area contributed by atoms with E-state index < -0.39 is 6.29 Å². The van der Waals surface area contributed by atoms with Crippen molar-refractivity contribution in [1.82, 2.24) is 15.2 Å². The van der Waals surface area contributed by atoms with E-state index in [9.17, 15) is 0 Å². The highest BCUT2D eigenvalue weighted by molar-refractivity contribution is 6.15. The van der Waals surface area contributed by atoms with Crippen LogP contribution in [0.15, 0.2) is 167 Å². The molecule has 0 amide bonds. The average Bonchev–Trinajstić information content (AvgIpc) is 3.68. The quantitative estimate of drug-likeness (QED) is 0.202. The Bertz CT molecular complexity index is 2470. The molecule has 0 radical (unpaired) electrons. The van der Waals surface area contributed by atoms with Crippen molar-refractivity contribution in [2.24, 2.45) is 4.99 Å². The Kier molecular flexibility index (Phi) is 6.42. The SMILES string of the molecule is C1=CC(C2=NC(N3c4ccccc4-c4c(c5ccccc5n4-c4ccccc4)-c4oc5ccccc5c43)NC(c3ccccc3)N2)=CCC1. The van der Waals surface area contributed by atoms with Gasteiger partial charge < -0.3 is 19.2 Å². The van der Waals surface area contributed by atoms with Crippen molar-refractivity contribution >= 4 is 39.1 Å². The second-order valence-corrected chi connectivity index (χ2v) is 12.7. The molecule has 6 heteroatoms. The molecule has 4 heterocycles. The van der Waals surface area contributed by atoms with E-state index in [1.807, 2.05) is 6.07 Å². The molecule has 0 spiro atoms. The number of anilines is 2. The first-order valence-electron chi connectivity index (χ1n) is 17.0. The van der Waals surface area contributed by atoms with Gasteiger partial charge in [-0.05, 0) is 54.8 Å². The highest BCUT2D eigenvalue weighted by Gasteiger charge is 2.39. The number of nitrogens with one attached hydrogen (secondary N) is 2. The summed E-state index contributed by atoms with van der Waals surface area (Å²) in [7, 11) is 0. The molecule has 3 aliphatic rings. The summed E-state index contributed by atoms with van der Waals surface area (Å²) in [5.41, 5.74) is 10.7. The molecule has 2 unspecified atom stereocenters. The second-order valence-electron chi connectivity index (χ2n) is 12.7. The van der Waals surface area contributed by atoms with E-state index in [0.717, 1.165) is 91.3 Å². The number of para-hydroxylation sites is 4. The van der Waals surface area contributed by atoms with Gasteiger partial charge in [0.25, 0.3) is 0 Å². The molecule has 0 saturated carbocycles. The van der Waals surface area contributed by atoms with Crippen molar-refractivity contribution in [3.8, 4) is 28.3 Å². The fourth-order valence-corrected chi connectivity index (χ4v) is 7.70. The van der Waals surface area contributed by atoms with Crippen LogP contribution in [-0.4, -0.2) is 16.7 Å². The summed E-state index contributed by atoms with van der Waals surface area (Å²) in [4.78, 5) is 7.84. The Morgan fingerprint density at radius 2 is 1.45 bits per heavy atom. The van der Waals surface area contributed by atoms with Gasteiger partial charge >= 0.3 is 0 Å². The number of hydrogen-bond acceptors (Lipinski definition) is 5. The second kappa shape index (κ2) is 11.3. The van der Waals surface area contributed by atoms with Gasteiger partial charge in [0.15, 0.2) is 12.0 Å². The fourth-order valence-electron chi connectivity index (χ4n) is 7.70. The van der Waals surface area contributed by atoms with Crippen LogP contribution in [0.1, 0.15) is 24.6 Å². The molecule has 2 aromatic heterocycles. The molecule has 2 N–H and O–H groups in total. The van der Waals surface area contributed by atoms with Gasteiger partial charge in [-0.1, -0.05) is 115 Å². The number of benzene rings is 5. The Hall–Kier alpha value is -6.11. The van der Waals surface area contributed by atoms with Gasteiger partial charge in [-0.3, -0.25) is 5.32 Å². The number of aliphatic imine (C=N–C) groups is 1. The summed E-state index contributed by atoms with van der Waals surface area (Å²) in [6.07, 6.45) is 8.12. The molecular weight excluding hydrogens is 603 g/mol. The van der Waals surface area contributed by atoms with E-state index in [-0.39, 0.29) is 6.17 Å². The molecule has 49 heavy (non-hydrogen) atoms. The van der Waals surface area contributed by atoms with Gasteiger partial charge in [0.2, 0.25) is 0 Å². The summed E-state index contributed by atoms with van der Waals surface area (Å²) in [5.74, 6) is 1.71. The van der Waals surface area contributed by atoms with Crippen LogP contribution in [0.25, 0.3) is 50.1 Å². The number of hydrogen-bond donors (Lipinski definition) is 2. The number of fused-ring (bicyclic) bond motifs is 9. The summed E-state index contributed by atoms with van der Waals surface area (Å²) < 4.78 is 9.38. The number of rotatable bonds is 4. The number of allylic oxidation sites excluding steroid dienone is 2. The first-order chi connectivity index (χ1) is 24.3. The molecule has 2 aliphatic heterocycles. The highest BCUT2D eigenvalue weighted by atomic mass is 16.3. The van der Waals surface area contributed by atoms with Crippen LogP contribution in [0.3, 0.4) is 0 Å². The summed E-state index contributed by atoms with van der Waals surface area (Å²) in [5, 5.41) is 9.82. The molecule has 5 aromatic carbocycles. The Morgan fingerprint density at radius 1 is 0.714 bits per heavy atom. The summed E-state index contributed by atoms with van der Waals surface area (Å²) in [6.45, 7) is 0. The van der Waals surface area contributed by atoms with Crippen molar-refractivity contribution in [3.63, 3.8) is 0 Å². The van der Waals surface area contributed by atoms with Crippen LogP contribution >= 0.6 is 0 Å². The van der Waals surface area contributed by atoms with Gasteiger partial charge in [-0.2, -0.15) is 0 Å². The lowest BCUT2D eigenvalue weighted by atomic mass is 10.0. The third-order valence-corrected chi connectivity index (χ3v) is 9.84. The van der Waals surface area contributed by atoms with Gasteiger partial charge in [0.05, 0.1) is 28.1 Å². The molecule has 236 valence electrons. The standard InChI is InChI=1S/C43H33N5O/c1-4-16-28(17-5-1)41-44-42(29-18-6-2-7-19-29)46-43(45-41)48-35-26-14-11-23-32(35)38-37(40-39(48)33-24-12-15-27-36(33)49-40)31-22-10-13-25-34(31)47(38)30-20-8-3-9-21-30/h1,3-6,8-27,41,43,45H,2,7H2,(H,44,46). The van der Waals surface area contributed by atoms with Crippen molar-refractivity contribution in [2.45, 2.75) is 25.3 Å².